The summed E-state index contributed by atoms with van der Waals surface area (Å²) in [6, 6.07) is 6.33. The lowest BCUT2D eigenvalue weighted by Gasteiger charge is -2.09. The van der Waals surface area contributed by atoms with Crippen molar-refractivity contribution in [3.05, 3.63) is 28.5 Å². The maximum Gasteiger partial charge on any atom is 0.221 e. The van der Waals surface area contributed by atoms with Crippen LogP contribution in [0.2, 0.25) is 0 Å². The van der Waals surface area contributed by atoms with E-state index < -0.39 is 0 Å². The molecular weight excluding hydrogens is 258 g/mol. The zero-order valence-corrected chi connectivity index (χ0v) is 12.3. The van der Waals surface area contributed by atoms with E-state index in [4.69, 9.17) is 12.2 Å². The zero-order valence-electron chi connectivity index (χ0n) is 11.5. The van der Waals surface area contributed by atoms with E-state index in [1.807, 2.05) is 31.4 Å². The molecule has 0 spiro atoms. The van der Waals surface area contributed by atoms with Crippen LogP contribution in [0, 0.1) is 11.7 Å². The molecule has 5 heteroatoms. The lowest BCUT2D eigenvalue weighted by atomic mass is 10.2. The third kappa shape index (κ3) is 3.23. The molecule has 0 radical (unpaired) electrons. The van der Waals surface area contributed by atoms with Crippen molar-refractivity contribution in [3.63, 3.8) is 0 Å². The van der Waals surface area contributed by atoms with E-state index >= 15 is 0 Å². The molecule has 2 N–H and O–H groups in total. The van der Waals surface area contributed by atoms with E-state index in [1.165, 1.54) is 5.56 Å². The van der Waals surface area contributed by atoms with Crippen LogP contribution >= 0.6 is 12.2 Å². The number of imidazole rings is 1. The van der Waals surface area contributed by atoms with Crippen LogP contribution in [0.15, 0.2) is 18.2 Å². The highest BCUT2D eigenvalue weighted by atomic mass is 32.1. The van der Waals surface area contributed by atoms with Gasteiger partial charge in [-0.2, -0.15) is 0 Å². The average molecular weight is 277 g/mol. The first kappa shape index (κ1) is 13.8. The van der Waals surface area contributed by atoms with Gasteiger partial charge < -0.3 is 14.9 Å². The summed E-state index contributed by atoms with van der Waals surface area (Å²) >= 11 is 5.31. The van der Waals surface area contributed by atoms with Crippen LogP contribution in [-0.4, -0.2) is 21.5 Å². The number of hydrogen-bond acceptors (Lipinski definition) is 2. The number of aromatic nitrogens is 2. The monoisotopic (exact) mass is 277 g/mol. The SMILES string of the molecule is Cc1ccc2c(c1)[nH]c(=S)n2CCC(=O)NC(C)C. The standard InChI is InChI=1S/C14H19N3OS/c1-9(2)15-13(18)6-7-17-12-5-4-10(3)8-11(12)16-14(17)19/h4-5,8-9H,6-7H2,1-3H3,(H,15,18)(H,16,19). The lowest BCUT2D eigenvalue weighted by Crippen LogP contribution is -2.30. The van der Waals surface area contributed by atoms with Crippen molar-refractivity contribution in [1.29, 1.82) is 0 Å². The van der Waals surface area contributed by atoms with Crippen LogP contribution in [-0.2, 0) is 11.3 Å². The van der Waals surface area contributed by atoms with Crippen molar-refractivity contribution in [2.24, 2.45) is 0 Å². The molecule has 1 aromatic heterocycles. The van der Waals surface area contributed by atoms with Gasteiger partial charge in [-0.3, -0.25) is 4.79 Å². The topological polar surface area (TPSA) is 49.8 Å². The van der Waals surface area contributed by atoms with Gasteiger partial charge in [-0.1, -0.05) is 6.07 Å². The summed E-state index contributed by atoms with van der Waals surface area (Å²) in [5.41, 5.74) is 3.26. The van der Waals surface area contributed by atoms with Gasteiger partial charge in [-0.15, -0.1) is 0 Å². The minimum absolute atomic E-state index is 0.0540. The Morgan fingerprint density at radius 3 is 2.89 bits per heavy atom. The summed E-state index contributed by atoms with van der Waals surface area (Å²) in [6.45, 7) is 6.56. The van der Waals surface area contributed by atoms with Gasteiger partial charge >= 0.3 is 0 Å². The van der Waals surface area contributed by atoms with Gasteiger partial charge in [0.15, 0.2) is 4.77 Å². The molecule has 2 rings (SSSR count). The minimum atomic E-state index is 0.0540. The molecule has 0 aliphatic rings. The summed E-state index contributed by atoms with van der Waals surface area (Å²) in [4.78, 5) is 14.9. The van der Waals surface area contributed by atoms with Gasteiger partial charge in [0, 0.05) is 19.0 Å². The van der Waals surface area contributed by atoms with Gasteiger partial charge in [0.2, 0.25) is 5.91 Å². The van der Waals surface area contributed by atoms with E-state index in [2.05, 4.69) is 22.4 Å². The van der Waals surface area contributed by atoms with Gasteiger partial charge in [0.1, 0.15) is 0 Å². The molecule has 0 aliphatic heterocycles. The number of fused-ring (bicyclic) bond motifs is 1. The highest BCUT2D eigenvalue weighted by Gasteiger charge is 2.07. The third-order valence-corrected chi connectivity index (χ3v) is 3.26. The first-order valence-electron chi connectivity index (χ1n) is 6.46. The van der Waals surface area contributed by atoms with Crippen molar-refractivity contribution in [2.45, 2.75) is 39.8 Å². The van der Waals surface area contributed by atoms with Crippen molar-refractivity contribution in [2.75, 3.05) is 0 Å². The fraction of sp³-hybridized carbons (Fsp3) is 0.429. The molecule has 0 saturated heterocycles. The van der Waals surface area contributed by atoms with Crippen LogP contribution in [0.1, 0.15) is 25.8 Å². The number of carbonyl (C=O) groups excluding carboxylic acids is 1. The fourth-order valence-electron chi connectivity index (χ4n) is 2.11. The number of aromatic amines is 1. The predicted octanol–water partition coefficient (Wildman–Crippen LogP) is 2.92. The Bertz CT molecular complexity index is 654. The Morgan fingerprint density at radius 2 is 2.21 bits per heavy atom. The number of H-pyrrole nitrogens is 1. The molecule has 4 nitrogen and oxygen atoms in total. The number of nitrogens with one attached hydrogen (secondary N) is 2. The Labute approximate surface area is 117 Å². The van der Waals surface area contributed by atoms with Crippen LogP contribution in [0.3, 0.4) is 0 Å². The largest absolute Gasteiger partial charge is 0.354 e. The molecule has 0 unspecified atom stereocenters. The smallest absolute Gasteiger partial charge is 0.221 e. The number of amides is 1. The van der Waals surface area contributed by atoms with Crippen LogP contribution < -0.4 is 5.32 Å². The van der Waals surface area contributed by atoms with E-state index in [1.54, 1.807) is 0 Å². The maximum absolute atomic E-state index is 11.7. The number of rotatable bonds is 4. The van der Waals surface area contributed by atoms with Gasteiger partial charge in [-0.05, 0) is 50.7 Å². The normalized spacial score (nSPS) is 11.2. The molecule has 0 aliphatic carbocycles. The zero-order chi connectivity index (χ0) is 14.0. The molecule has 1 amide bonds. The fourth-order valence-corrected chi connectivity index (χ4v) is 2.41. The quantitative estimate of drug-likeness (QED) is 0.844. The lowest BCUT2D eigenvalue weighted by molar-refractivity contribution is -0.121. The number of nitrogens with zero attached hydrogens (tertiary/aromatic N) is 1. The first-order chi connectivity index (χ1) is 8.97. The molecule has 0 atom stereocenters. The van der Waals surface area contributed by atoms with Crippen LogP contribution in [0.25, 0.3) is 11.0 Å². The molecule has 102 valence electrons. The van der Waals surface area contributed by atoms with E-state index in [0.29, 0.717) is 17.7 Å². The van der Waals surface area contributed by atoms with E-state index in [0.717, 1.165) is 11.0 Å². The Morgan fingerprint density at radius 1 is 1.47 bits per heavy atom. The maximum atomic E-state index is 11.7. The Kier molecular flexibility index (Phi) is 4.04. The molecule has 0 saturated carbocycles. The highest BCUT2D eigenvalue weighted by molar-refractivity contribution is 7.71. The third-order valence-electron chi connectivity index (χ3n) is 2.94. The van der Waals surface area contributed by atoms with Crippen LogP contribution in [0.5, 0.6) is 0 Å². The molecule has 2 aromatic rings. The van der Waals surface area contributed by atoms with Gasteiger partial charge in [0.05, 0.1) is 11.0 Å². The van der Waals surface area contributed by atoms with Gasteiger partial charge in [-0.25, -0.2) is 0 Å². The number of hydrogen-bond donors (Lipinski definition) is 2. The number of carbonyl (C=O) groups is 1. The Hall–Kier alpha value is -1.62. The van der Waals surface area contributed by atoms with Crippen molar-refractivity contribution < 1.29 is 4.79 Å². The Balaban J connectivity index is 2.19. The summed E-state index contributed by atoms with van der Waals surface area (Å²) in [5.74, 6) is 0.0540. The van der Waals surface area contributed by atoms with Gasteiger partial charge in [0.25, 0.3) is 0 Å². The first-order valence-corrected chi connectivity index (χ1v) is 6.86. The number of benzene rings is 1. The molecular formula is C14H19N3OS. The van der Waals surface area contributed by atoms with Crippen molar-refractivity contribution in [3.8, 4) is 0 Å². The second-order valence-corrected chi connectivity index (χ2v) is 5.46. The average Bonchev–Trinajstić information content (AvgIpc) is 2.60. The van der Waals surface area contributed by atoms with E-state index in [-0.39, 0.29) is 11.9 Å². The van der Waals surface area contributed by atoms with Crippen LogP contribution in [0.4, 0.5) is 0 Å². The summed E-state index contributed by atoms with van der Waals surface area (Å²) in [6.07, 6.45) is 0.438. The molecule has 0 fully saturated rings. The summed E-state index contributed by atoms with van der Waals surface area (Å²) in [5, 5.41) is 2.89. The molecule has 1 aromatic carbocycles. The molecule has 1 heterocycles. The second-order valence-electron chi connectivity index (χ2n) is 5.07. The van der Waals surface area contributed by atoms with E-state index in [9.17, 15) is 4.79 Å². The molecule has 19 heavy (non-hydrogen) atoms. The second kappa shape index (κ2) is 5.57. The highest BCUT2D eigenvalue weighted by Crippen LogP contribution is 2.16. The summed E-state index contributed by atoms with van der Waals surface area (Å²) in [7, 11) is 0. The van der Waals surface area contributed by atoms with Crippen molar-refractivity contribution >= 4 is 29.2 Å². The minimum Gasteiger partial charge on any atom is -0.354 e. The molecule has 0 bridgehead atoms. The summed E-state index contributed by atoms with van der Waals surface area (Å²) < 4.78 is 2.64. The van der Waals surface area contributed by atoms with Crippen molar-refractivity contribution in [1.82, 2.24) is 14.9 Å². The predicted molar refractivity (Wildman–Crippen MR) is 79.8 cm³/mol. The number of aryl methyl sites for hydroxylation is 2.